The van der Waals surface area contributed by atoms with E-state index in [1.165, 1.54) is 22.3 Å². The molecule has 2 heterocycles. The maximum Gasteiger partial charge on any atom is 0.0447 e. The van der Waals surface area contributed by atoms with Crippen molar-refractivity contribution in [1.82, 2.24) is 4.98 Å². The number of pyridine rings is 1. The Bertz CT molecular complexity index is 715. The van der Waals surface area contributed by atoms with Gasteiger partial charge in [0.25, 0.3) is 0 Å². The number of aromatic nitrogens is 1. The van der Waals surface area contributed by atoms with E-state index in [1.54, 1.807) is 23.8 Å². The van der Waals surface area contributed by atoms with Gasteiger partial charge in [0.15, 0.2) is 0 Å². The van der Waals surface area contributed by atoms with Crippen LogP contribution in [0.25, 0.3) is 11.6 Å². The Balaban J connectivity index is 0.000000533. The Morgan fingerprint density at radius 1 is 1.19 bits per heavy atom. The average molecular weight is 369 g/mol. The smallest absolute Gasteiger partial charge is 0.0447 e. The summed E-state index contributed by atoms with van der Waals surface area (Å²) in [7, 11) is 0. The molecule has 0 N–H and O–H groups in total. The minimum Gasteiger partial charge on any atom is -0.269 e. The van der Waals surface area contributed by atoms with E-state index in [4.69, 9.17) is 0 Å². The second-order valence-electron chi connectivity index (χ2n) is 5.54. The number of rotatable bonds is 4. The van der Waals surface area contributed by atoms with Gasteiger partial charge in [-0.05, 0) is 91.9 Å². The molecule has 0 atom stereocenters. The van der Waals surface area contributed by atoms with Crippen LogP contribution in [0.3, 0.4) is 0 Å². The predicted octanol–water partition coefficient (Wildman–Crippen LogP) is 7.51. The fraction of sp³-hybridized carbons (Fsp3) is 0.304. The van der Waals surface area contributed by atoms with Gasteiger partial charge >= 0.3 is 0 Å². The molecule has 26 heavy (non-hydrogen) atoms. The number of hydrogen-bond acceptors (Lipinski definition) is 3. The van der Waals surface area contributed by atoms with Gasteiger partial charge in [0, 0.05) is 24.3 Å². The number of nitrogens with zero attached hydrogens (tertiary/aromatic N) is 2. The third-order valence-corrected chi connectivity index (χ3v) is 4.02. The first-order chi connectivity index (χ1) is 12.5. The molecule has 0 saturated heterocycles. The van der Waals surface area contributed by atoms with Crippen LogP contribution in [0.1, 0.15) is 57.0 Å². The highest BCUT2D eigenvalue weighted by molar-refractivity contribution is 7.08. The van der Waals surface area contributed by atoms with Gasteiger partial charge in [-0.15, -0.1) is 0 Å². The summed E-state index contributed by atoms with van der Waals surface area (Å²) in [5.41, 5.74) is 7.23. The standard InChI is InChI=1S/C14H15NS.C7H11N.C2H6/c1-10-4-6-15-12(3)14(10)8-11(2)13-5-7-16-9-13;1-4-8-6-5-7(2)3;1-2/h4-9H,1-3H3;4-6H,2H2,1,3H3;1-2H3/b11-8+;6-5-,8-4?;. The van der Waals surface area contributed by atoms with Gasteiger partial charge in [0.1, 0.15) is 0 Å². The predicted molar refractivity (Wildman–Crippen MR) is 121 cm³/mol. The van der Waals surface area contributed by atoms with Gasteiger partial charge in [-0.1, -0.05) is 26.0 Å². The molecule has 2 rings (SSSR count). The van der Waals surface area contributed by atoms with Crippen LogP contribution >= 0.6 is 11.3 Å². The maximum absolute atomic E-state index is 4.33. The first-order valence-electron chi connectivity index (χ1n) is 8.88. The summed E-state index contributed by atoms with van der Waals surface area (Å²) in [6, 6.07) is 4.21. The molecule has 0 aromatic carbocycles. The van der Waals surface area contributed by atoms with Crippen molar-refractivity contribution in [2.75, 3.05) is 0 Å². The van der Waals surface area contributed by atoms with Crippen molar-refractivity contribution >= 4 is 29.2 Å². The van der Waals surface area contributed by atoms with E-state index in [2.05, 4.69) is 66.3 Å². The molecule has 0 saturated carbocycles. The normalized spacial score (nSPS) is 11.0. The quantitative estimate of drug-likeness (QED) is 0.405. The molecule has 140 valence electrons. The molecule has 0 aliphatic heterocycles. The van der Waals surface area contributed by atoms with Crippen molar-refractivity contribution in [3.05, 3.63) is 75.9 Å². The lowest BCUT2D eigenvalue weighted by Crippen LogP contribution is -1.90. The van der Waals surface area contributed by atoms with E-state index in [0.717, 1.165) is 11.3 Å². The summed E-state index contributed by atoms with van der Waals surface area (Å²) < 4.78 is 0. The van der Waals surface area contributed by atoms with Crippen molar-refractivity contribution in [2.24, 2.45) is 4.99 Å². The highest BCUT2D eigenvalue weighted by atomic mass is 32.1. The molecular weight excluding hydrogens is 336 g/mol. The lowest BCUT2D eigenvalue weighted by Gasteiger charge is -2.05. The molecule has 0 bridgehead atoms. The molecule has 0 radical (unpaired) electrons. The van der Waals surface area contributed by atoms with Crippen LogP contribution in [0.15, 0.2) is 58.5 Å². The Morgan fingerprint density at radius 3 is 2.38 bits per heavy atom. The zero-order valence-corrected chi connectivity index (χ0v) is 18.0. The minimum atomic E-state index is 1.02. The number of hydrogen-bond donors (Lipinski definition) is 0. The first kappa shape index (κ1) is 23.7. The van der Waals surface area contributed by atoms with E-state index in [1.807, 2.05) is 40.0 Å². The number of thiophene rings is 1. The molecule has 0 amide bonds. The van der Waals surface area contributed by atoms with Gasteiger partial charge in [0.2, 0.25) is 0 Å². The van der Waals surface area contributed by atoms with E-state index in [0.29, 0.717) is 0 Å². The minimum absolute atomic E-state index is 1.02. The molecule has 0 aliphatic rings. The fourth-order valence-corrected chi connectivity index (χ4v) is 2.68. The van der Waals surface area contributed by atoms with E-state index < -0.39 is 0 Å². The molecule has 0 aliphatic carbocycles. The summed E-state index contributed by atoms with van der Waals surface area (Å²) in [4.78, 5) is 8.18. The van der Waals surface area contributed by atoms with Crippen LogP contribution < -0.4 is 0 Å². The molecule has 2 aromatic rings. The average Bonchev–Trinajstić information content (AvgIpc) is 3.15. The fourth-order valence-electron chi connectivity index (χ4n) is 1.97. The summed E-state index contributed by atoms with van der Waals surface area (Å²) in [6.45, 7) is 17.8. The van der Waals surface area contributed by atoms with E-state index >= 15 is 0 Å². The van der Waals surface area contributed by atoms with Crippen molar-refractivity contribution < 1.29 is 0 Å². The lowest BCUT2D eigenvalue weighted by atomic mass is 10.0. The zero-order chi connectivity index (χ0) is 19.9. The van der Waals surface area contributed by atoms with Crippen molar-refractivity contribution in [3.8, 4) is 0 Å². The van der Waals surface area contributed by atoms with E-state index in [9.17, 15) is 0 Å². The van der Waals surface area contributed by atoms with Crippen LogP contribution in [0.2, 0.25) is 0 Å². The zero-order valence-electron chi connectivity index (χ0n) is 17.2. The topological polar surface area (TPSA) is 25.2 Å². The Morgan fingerprint density at radius 2 is 1.88 bits per heavy atom. The Kier molecular flexibility index (Phi) is 12.8. The largest absolute Gasteiger partial charge is 0.269 e. The number of aryl methyl sites for hydroxylation is 2. The van der Waals surface area contributed by atoms with Gasteiger partial charge in [-0.25, -0.2) is 0 Å². The summed E-state index contributed by atoms with van der Waals surface area (Å²) in [5.74, 6) is 0. The number of allylic oxidation sites excluding steroid dienone is 3. The molecule has 0 unspecified atom stereocenters. The van der Waals surface area contributed by atoms with Crippen LogP contribution in [0, 0.1) is 13.8 Å². The highest BCUT2D eigenvalue weighted by Gasteiger charge is 2.02. The molecule has 0 spiro atoms. The second kappa shape index (κ2) is 14.0. The van der Waals surface area contributed by atoms with Crippen LogP contribution in [-0.2, 0) is 0 Å². The van der Waals surface area contributed by atoms with Gasteiger partial charge in [-0.3, -0.25) is 9.98 Å². The maximum atomic E-state index is 4.33. The van der Waals surface area contributed by atoms with Crippen molar-refractivity contribution in [2.45, 2.75) is 48.5 Å². The van der Waals surface area contributed by atoms with Crippen LogP contribution in [0.5, 0.6) is 0 Å². The molecule has 2 aromatic heterocycles. The third kappa shape index (κ3) is 9.28. The number of aliphatic imine (C=N–C) groups is 1. The Labute approximate surface area is 163 Å². The van der Waals surface area contributed by atoms with Crippen molar-refractivity contribution in [1.29, 1.82) is 0 Å². The monoisotopic (exact) mass is 368 g/mol. The van der Waals surface area contributed by atoms with Crippen LogP contribution in [0.4, 0.5) is 0 Å². The lowest BCUT2D eigenvalue weighted by molar-refractivity contribution is 1.16. The van der Waals surface area contributed by atoms with Crippen LogP contribution in [-0.4, -0.2) is 11.2 Å². The van der Waals surface area contributed by atoms with Gasteiger partial charge in [-0.2, -0.15) is 11.3 Å². The summed E-state index contributed by atoms with van der Waals surface area (Å²) in [6.07, 6.45) is 9.41. The summed E-state index contributed by atoms with van der Waals surface area (Å²) in [5, 5.41) is 4.28. The SMILES string of the molecule is C/C(=C\c1c(C)ccnc1C)c1ccsc1.C=C(C)/C=C\N=CC.CC. The molecule has 0 fully saturated rings. The van der Waals surface area contributed by atoms with Gasteiger partial charge in [0.05, 0.1) is 0 Å². The van der Waals surface area contributed by atoms with Crippen molar-refractivity contribution in [3.63, 3.8) is 0 Å². The first-order valence-corrected chi connectivity index (χ1v) is 9.83. The van der Waals surface area contributed by atoms with E-state index in [-0.39, 0.29) is 0 Å². The molecule has 3 heteroatoms. The summed E-state index contributed by atoms with van der Waals surface area (Å²) >= 11 is 1.73. The molecule has 2 nitrogen and oxygen atoms in total. The third-order valence-electron chi connectivity index (χ3n) is 3.34. The highest BCUT2D eigenvalue weighted by Crippen LogP contribution is 2.22. The van der Waals surface area contributed by atoms with Gasteiger partial charge < -0.3 is 0 Å². The molecular formula is C23H32N2S. The second-order valence-corrected chi connectivity index (χ2v) is 6.32. The Hall–Kier alpha value is -2.26.